The van der Waals surface area contributed by atoms with Crippen LogP contribution in [0.5, 0.6) is 0 Å². The topological polar surface area (TPSA) is 93.8 Å². The van der Waals surface area contributed by atoms with Gasteiger partial charge in [0, 0.05) is 6.54 Å². The van der Waals surface area contributed by atoms with Crippen molar-refractivity contribution in [2.75, 3.05) is 26.2 Å². The van der Waals surface area contributed by atoms with Crippen molar-refractivity contribution in [3.8, 4) is 0 Å². The molecule has 0 unspecified atom stereocenters. The minimum absolute atomic E-state index is 0.0947. The van der Waals surface area contributed by atoms with Gasteiger partial charge in [-0.05, 0) is 95.3 Å². The van der Waals surface area contributed by atoms with Crippen molar-refractivity contribution in [2.24, 2.45) is 5.92 Å². The summed E-state index contributed by atoms with van der Waals surface area (Å²) in [6.45, 7) is 8.03. The largest absolute Gasteiger partial charge is 0.464 e. The van der Waals surface area contributed by atoms with Crippen LogP contribution in [0.4, 0.5) is 0 Å². The standard InChI is InChI=1S/C36H43N3O5/c1-4-44-33(41)35(2,3)39-32(40)30-19-11-12-20-31(30)38(34(39)42)24-14-13-23-37-25-21-29(22-26-37)36(43,27-15-7-5-8-16-27)28-17-9-6-10-18-28/h5-12,15-20,29,43H,4,13-14,21-26H2,1-3H3. The Morgan fingerprint density at radius 1 is 0.841 bits per heavy atom. The fourth-order valence-corrected chi connectivity index (χ4v) is 6.63. The minimum atomic E-state index is -1.44. The summed E-state index contributed by atoms with van der Waals surface area (Å²) in [5.41, 5.74) is -1.06. The van der Waals surface area contributed by atoms with Crippen LogP contribution in [-0.4, -0.2) is 51.4 Å². The summed E-state index contributed by atoms with van der Waals surface area (Å²) in [6.07, 6.45) is 3.35. The van der Waals surface area contributed by atoms with Gasteiger partial charge < -0.3 is 14.7 Å². The zero-order valence-corrected chi connectivity index (χ0v) is 25.9. The molecule has 8 heteroatoms. The van der Waals surface area contributed by atoms with E-state index in [1.807, 2.05) is 66.7 Å². The molecular weight excluding hydrogens is 554 g/mol. The number of benzene rings is 3. The Balaban J connectivity index is 1.27. The Bertz CT molecular complexity index is 1650. The highest BCUT2D eigenvalue weighted by molar-refractivity contribution is 5.80. The van der Waals surface area contributed by atoms with Crippen LogP contribution in [0.2, 0.25) is 0 Å². The number of rotatable bonds is 11. The van der Waals surface area contributed by atoms with Gasteiger partial charge in [-0.3, -0.25) is 9.36 Å². The number of piperidine rings is 1. The maximum absolute atomic E-state index is 13.7. The lowest BCUT2D eigenvalue weighted by atomic mass is 9.72. The van der Waals surface area contributed by atoms with Crippen molar-refractivity contribution in [1.82, 2.24) is 14.0 Å². The molecule has 3 aromatic carbocycles. The van der Waals surface area contributed by atoms with Gasteiger partial charge in [-0.15, -0.1) is 0 Å². The van der Waals surface area contributed by atoms with Crippen LogP contribution in [-0.2, 0) is 27.2 Å². The molecule has 0 atom stereocenters. The number of unbranched alkanes of at least 4 members (excludes halogenated alkanes) is 1. The minimum Gasteiger partial charge on any atom is -0.464 e. The van der Waals surface area contributed by atoms with E-state index in [2.05, 4.69) is 4.90 Å². The van der Waals surface area contributed by atoms with Gasteiger partial charge in [-0.2, -0.15) is 0 Å². The van der Waals surface area contributed by atoms with E-state index in [4.69, 9.17) is 4.74 Å². The van der Waals surface area contributed by atoms with E-state index >= 15 is 0 Å². The van der Waals surface area contributed by atoms with E-state index in [1.165, 1.54) is 0 Å². The first-order valence-corrected chi connectivity index (χ1v) is 15.7. The molecule has 8 nitrogen and oxygen atoms in total. The van der Waals surface area contributed by atoms with Gasteiger partial charge in [0.2, 0.25) is 0 Å². The summed E-state index contributed by atoms with van der Waals surface area (Å²) in [5, 5.41) is 12.6. The molecule has 1 aliphatic heterocycles. The lowest BCUT2D eigenvalue weighted by molar-refractivity contribution is -0.152. The summed E-state index contributed by atoms with van der Waals surface area (Å²) in [5.74, 6) is -0.520. The molecule has 5 rings (SSSR count). The lowest BCUT2D eigenvalue weighted by Crippen LogP contribution is -2.53. The molecule has 2 heterocycles. The van der Waals surface area contributed by atoms with Crippen molar-refractivity contribution < 1.29 is 14.6 Å². The van der Waals surface area contributed by atoms with E-state index in [9.17, 15) is 19.5 Å². The number of ether oxygens (including phenoxy) is 1. The maximum Gasteiger partial charge on any atom is 0.332 e. The first-order chi connectivity index (χ1) is 21.2. The average molecular weight is 598 g/mol. The van der Waals surface area contributed by atoms with Gasteiger partial charge in [0.25, 0.3) is 5.56 Å². The number of likely N-dealkylation sites (tertiary alicyclic amines) is 1. The number of fused-ring (bicyclic) bond motifs is 1. The Kier molecular flexibility index (Phi) is 9.51. The number of hydrogen-bond donors (Lipinski definition) is 1. The van der Waals surface area contributed by atoms with Crippen LogP contribution in [0.15, 0.2) is 94.5 Å². The second-order valence-electron chi connectivity index (χ2n) is 12.2. The molecule has 1 aromatic heterocycles. The van der Waals surface area contributed by atoms with Crippen LogP contribution >= 0.6 is 0 Å². The summed E-state index contributed by atoms with van der Waals surface area (Å²) in [4.78, 5) is 42.3. The average Bonchev–Trinajstić information content (AvgIpc) is 3.05. The number of carbonyl (C=O) groups is 1. The third-order valence-electron chi connectivity index (χ3n) is 9.10. The zero-order chi connectivity index (χ0) is 31.3. The fourth-order valence-electron chi connectivity index (χ4n) is 6.63. The molecule has 44 heavy (non-hydrogen) atoms. The maximum atomic E-state index is 13.7. The second-order valence-corrected chi connectivity index (χ2v) is 12.2. The van der Waals surface area contributed by atoms with Gasteiger partial charge in [0.05, 0.1) is 17.5 Å². The van der Waals surface area contributed by atoms with Crippen LogP contribution in [0, 0.1) is 5.92 Å². The first-order valence-electron chi connectivity index (χ1n) is 15.7. The first kappa shape index (κ1) is 31.4. The summed E-state index contributed by atoms with van der Waals surface area (Å²) in [7, 11) is 0. The number of aryl methyl sites for hydroxylation is 1. The van der Waals surface area contributed by atoms with Crippen molar-refractivity contribution in [1.29, 1.82) is 0 Å². The van der Waals surface area contributed by atoms with Crippen LogP contribution in [0.1, 0.15) is 57.6 Å². The van der Waals surface area contributed by atoms with Gasteiger partial charge >= 0.3 is 11.7 Å². The number of carbonyl (C=O) groups excluding carboxylic acids is 1. The van der Waals surface area contributed by atoms with Gasteiger partial charge in [-0.25, -0.2) is 14.2 Å². The molecule has 232 valence electrons. The second kappa shape index (κ2) is 13.3. The highest BCUT2D eigenvalue weighted by atomic mass is 16.5. The normalized spacial score (nSPS) is 15.0. The van der Waals surface area contributed by atoms with Gasteiger partial charge in [0.15, 0.2) is 0 Å². The van der Waals surface area contributed by atoms with E-state index in [0.29, 0.717) is 17.4 Å². The Morgan fingerprint density at radius 3 is 1.98 bits per heavy atom. The SMILES string of the molecule is CCOC(=O)C(C)(C)n1c(=O)c2ccccc2n(CCCCN2CCC(C(O)(c3ccccc3)c3ccccc3)CC2)c1=O. The highest BCUT2D eigenvalue weighted by Crippen LogP contribution is 2.41. The van der Waals surface area contributed by atoms with Crippen molar-refractivity contribution >= 4 is 16.9 Å². The molecule has 4 aromatic rings. The van der Waals surface area contributed by atoms with Crippen LogP contribution in [0.25, 0.3) is 10.9 Å². The fraction of sp³-hybridized carbons (Fsp3) is 0.417. The molecule has 1 N–H and O–H groups in total. The molecule has 0 radical (unpaired) electrons. The number of esters is 1. The summed E-state index contributed by atoms with van der Waals surface area (Å²) < 4.78 is 7.85. The third-order valence-corrected chi connectivity index (χ3v) is 9.10. The van der Waals surface area contributed by atoms with Crippen molar-refractivity contribution in [3.05, 3.63) is 117 Å². The zero-order valence-electron chi connectivity index (χ0n) is 25.9. The Morgan fingerprint density at radius 2 is 1.39 bits per heavy atom. The summed E-state index contributed by atoms with van der Waals surface area (Å²) >= 11 is 0. The van der Waals surface area contributed by atoms with Crippen molar-refractivity contribution in [3.63, 3.8) is 0 Å². The summed E-state index contributed by atoms with van der Waals surface area (Å²) in [6, 6.07) is 27.0. The van der Waals surface area contributed by atoms with Crippen LogP contribution < -0.4 is 11.2 Å². The Hall–Kier alpha value is -4.01. The number of hydrogen-bond acceptors (Lipinski definition) is 6. The molecule has 1 fully saturated rings. The highest BCUT2D eigenvalue weighted by Gasteiger charge is 2.41. The third kappa shape index (κ3) is 6.01. The predicted octanol–water partition coefficient (Wildman–Crippen LogP) is 4.89. The number of aromatic nitrogens is 2. The Labute approximate surface area is 258 Å². The molecule has 1 aliphatic rings. The molecule has 0 amide bonds. The molecule has 0 aliphatic carbocycles. The van der Waals surface area contributed by atoms with E-state index < -0.39 is 28.4 Å². The molecule has 0 saturated carbocycles. The molecular formula is C36H43N3O5. The van der Waals surface area contributed by atoms with E-state index in [-0.39, 0.29) is 12.5 Å². The monoisotopic (exact) mass is 597 g/mol. The quantitative estimate of drug-likeness (QED) is 0.196. The van der Waals surface area contributed by atoms with Crippen molar-refractivity contribution in [2.45, 2.75) is 64.1 Å². The number of para-hydroxylation sites is 1. The number of nitrogens with zero attached hydrogens (tertiary/aromatic N) is 3. The molecule has 0 spiro atoms. The van der Waals surface area contributed by atoms with E-state index in [1.54, 1.807) is 43.5 Å². The van der Waals surface area contributed by atoms with Gasteiger partial charge in [0.1, 0.15) is 11.1 Å². The smallest absolute Gasteiger partial charge is 0.332 e. The molecule has 0 bridgehead atoms. The number of aliphatic hydroxyl groups is 1. The van der Waals surface area contributed by atoms with Gasteiger partial charge in [-0.1, -0.05) is 72.8 Å². The lowest BCUT2D eigenvalue weighted by Gasteiger charge is -2.42. The molecule has 1 saturated heterocycles. The van der Waals surface area contributed by atoms with E-state index in [0.717, 1.165) is 61.0 Å². The van der Waals surface area contributed by atoms with Crippen LogP contribution in [0.3, 0.4) is 0 Å². The predicted molar refractivity (Wildman–Crippen MR) is 173 cm³/mol.